The van der Waals surface area contributed by atoms with Gasteiger partial charge in [-0.1, -0.05) is 0 Å². The summed E-state index contributed by atoms with van der Waals surface area (Å²) in [4.78, 5) is 0. The molecule has 3 rings (SSSR count). The van der Waals surface area contributed by atoms with Gasteiger partial charge in [0.25, 0.3) is 0 Å². The summed E-state index contributed by atoms with van der Waals surface area (Å²) in [6.45, 7) is 0.590. The second-order valence-corrected chi connectivity index (χ2v) is 4.67. The van der Waals surface area contributed by atoms with Gasteiger partial charge >= 0.3 is 6.18 Å². The Labute approximate surface area is 102 Å². The molecule has 1 saturated carbocycles. The lowest BCUT2D eigenvalue weighted by atomic mass is 9.96. The summed E-state index contributed by atoms with van der Waals surface area (Å²) in [5, 5.41) is 0. The third kappa shape index (κ3) is 1.71. The van der Waals surface area contributed by atoms with Crippen LogP contribution in [0.1, 0.15) is 24.0 Å². The molecule has 1 aromatic rings. The molecule has 1 heterocycles. The van der Waals surface area contributed by atoms with Gasteiger partial charge in [0, 0.05) is 11.1 Å². The van der Waals surface area contributed by atoms with E-state index < -0.39 is 17.3 Å². The normalized spacial score (nSPS) is 20.7. The van der Waals surface area contributed by atoms with Crippen molar-refractivity contribution in [2.24, 2.45) is 5.73 Å². The fourth-order valence-corrected chi connectivity index (χ4v) is 2.23. The van der Waals surface area contributed by atoms with E-state index >= 15 is 0 Å². The molecule has 1 aromatic carbocycles. The lowest BCUT2D eigenvalue weighted by molar-refractivity contribution is -0.138. The molecule has 0 spiro atoms. The van der Waals surface area contributed by atoms with Crippen LogP contribution in [0.3, 0.4) is 0 Å². The van der Waals surface area contributed by atoms with Crippen molar-refractivity contribution < 1.29 is 22.6 Å². The number of ether oxygens (including phenoxy) is 2. The van der Waals surface area contributed by atoms with Crippen LogP contribution in [0.25, 0.3) is 0 Å². The molecule has 0 bridgehead atoms. The molecule has 0 atom stereocenters. The van der Waals surface area contributed by atoms with Gasteiger partial charge < -0.3 is 15.2 Å². The van der Waals surface area contributed by atoms with Gasteiger partial charge in [-0.15, -0.1) is 0 Å². The van der Waals surface area contributed by atoms with Crippen molar-refractivity contribution >= 4 is 0 Å². The van der Waals surface area contributed by atoms with E-state index in [1.807, 2.05) is 0 Å². The maximum absolute atomic E-state index is 13.0. The molecule has 3 nitrogen and oxygen atoms in total. The van der Waals surface area contributed by atoms with E-state index in [9.17, 15) is 13.2 Å². The molecule has 0 unspecified atom stereocenters. The highest BCUT2D eigenvalue weighted by atomic mass is 19.4. The number of fused-ring (bicyclic) bond motifs is 1. The van der Waals surface area contributed by atoms with E-state index in [-0.39, 0.29) is 17.9 Å². The molecule has 2 aliphatic rings. The SMILES string of the molecule is NC1(c2c(C(F)(F)F)ccc3c2OCCO3)CC1. The van der Waals surface area contributed by atoms with Crippen LogP contribution in [-0.4, -0.2) is 13.2 Å². The first-order chi connectivity index (χ1) is 8.42. The van der Waals surface area contributed by atoms with Crippen molar-refractivity contribution in [1.82, 2.24) is 0 Å². The monoisotopic (exact) mass is 259 g/mol. The molecule has 0 radical (unpaired) electrons. The number of alkyl halides is 3. The Balaban J connectivity index is 2.22. The number of benzene rings is 1. The van der Waals surface area contributed by atoms with Crippen LogP contribution in [-0.2, 0) is 11.7 Å². The van der Waals surface area contributed by atoms with Crippen LogP contribution >= 0.6 is 0 Å². The number of hydrogen-bond donors (Lipinski definition) is 1. The molecule has 98 valence electrons. The summed E-state index contributed by atoms with van der Waals surface area (Å²) in [5.41, 5.74) is 4.37. The van der Waals surface area contributed by atoms with Gasteiger partial charge in [0.1, 0.15) is 13.2 Å². The van der Waals surface area contributed by atoms with E-state index in [4.69, 9.17) is 15.2 Å². The molecule has 0 saturated heterocycles. The average molecular weight is 259 g/mol. The zero-order valence-electron chi connectivity index (χ0n) is 9.51. The first-order valence-corrected chi connectivity index (χ1v) is 5.71. The highest BCUT2D eigenvalue weighted by Crippen LogP contribution is 2.54. The number of rotatable bonds is 1. The maximum Gasteiger partial charge on any atom is 0.416 e. The van der Waals surface area contributed by atoms with E-state index in [0.29, 0.717) is 25.2 Å². The Bertz CT molecular complexity index is 495. The van der Waals surface area contributed by atoms with Gasteiger partial charge in [-0.05, 0) is 25.0 Å². The largest absolute Gasteiger partial charge is 0.486 e. The highest BCUT2D eigenvalue weighted by Gasteiger charge is 2.49. The third-order valence-corrected chi connectivity index (χ3v) is 3.30. The topological polar surface area (TPSA) is 44.5 Å². The fourth-order valence-electron chi connectivity index (χ4n) is 2.23. The van der Waals surface area contributed by atoms with Crippen LogP contribution in [0.15, 0.2) is 12.1 Å². The maximum atomic E-state index is 13.0. The molecule has 1 aliphatic heterocycles. The summed E-state index contributed by atoms with van der Waals surface area (Å²) in [5.74, 6) is 0.511. The average Bonchev–Trinajstić information content (AvgIpc) is 3.05. The van der Waals surface area contributed by atoms with Crippen LogP contribution in [0.4, 0.5) is 13.2 Å². The second kappa shape index (κ2) is 3.54. The smallest absolute Gasteiger partial charge is 0.416 e. The summed E-state index contributed by atoms with van der Waals surface area (Å²) in [6, 6.07) is 2.32. The quantitative estimate of drug-likeness (QED) is 0.842. The van der Waals surface area contributed by atoms with E-state index in [1.54, 1.807) is 0 Å². The molecule has 0 amide bonds. The van der Waals surface area contributed by atoms with Crippen molar-refractivity contribution in [3.8, 4) is 11.5 Å². The van der Waals surface area contributed by atoms with Gasteiger partial charge in [-0.25, -0.2) is 0 Å². The number of hydrogen-bond acceptors (Lipinski definition) is 3. The Kier molecular flexibility index (Phi) is 2.29. The van der Waals surface area contributed by atoms with E-state index in [2.05, 4.69) is 0 Å². The number of nitrogens with two attached hydrogens (primary N) is 1. The summed E-state index contributed by atoms with van der Waals surface area (Å²) >= 11 is 0. The summed E-state index contributed by atoms with van der Waals surface area (Å²) < 4.78 is 49.7. The van der Waals surface area contributed by atoms with E-state index in [1.165, 1.54) is 6.07 Å². The predicted molar refractivity (Wildman–Crippen MR) is 57.5 cm³/mol. The van der Waals surface area contributed by atoms with E-state index in [0.717, 1.165) is 6.07 Å². The number of halogens is 3. The van der Waals surface area contributed by atoms with Crippen LogP contribution in [0.2, 0.25) is 0 Å². The lowest BCUT2D eigenvalue weighted by Gasteiger charge is -2.26. The molecule has 18 heavy (non-hydrogen) atoms. The fraction of sp³-hybridized carbons (Fsp3) is 0.500. The Morgan fingerprint density at radius 3 is 2.39 bits per heavy atom. The Morgan fingerprint density at radius 1 is 1.11 bits per heavy atom. The molecular formula is C12H12F3NO2. The molecule has 0 aromatic heterocycles. The minimum Gasteiger partial charge on any atom is -0.486 e. The third-order valence-electron chi connectivity index (χ3n) is 3.30. The minimum atomic E-state index is -4.43. The first kappa shape index (κ1) is 11.6. The zero-order chi connectivity index (χ0) is 13.0. The van der Waals surface area contributed by atoms with Crippen molar-refractivity contribution in [1.29, 1.82) is 0 Å². The molecule has 2 N–H and O–H groups in total. The Morgan fingerprint density at radius 2 is 1.78 bits per heavy atom. The van der Waals surface area contributed by atoms with Crippen molar-refractivity contribution in [3.05, 3.63) is 23.3 Å². The van der Waals surface area contributed by atoms with Crippen molar-refractivity contribution in [2.45, 2.75) is 24.6 Å². The molecule has 6 heteroatoms. The molecule has 1 aliphatic carbocycles. The molecule has 1 fully saturated rings. The summed E-state index contributed by atoms with van der Waals surface area (Å²) in [6.07, 6.45) is -3.36. The van der Waals surface area contributed by atoms with Crippen LogP contribution in [0, 0.1) is 0 Å². The second-order valence-electron chi connectivity index (χ2n) is 4.67. The van der Waals surface area contributed by atoms with Gasteiger partial charge in [0.15, 0.2) is 11.5 Å². The highest BCUT2D eigenvalue weighted by molar-refractivity contribution is 5.57. The Hall–Kier alpha value is -1.43. The van der Waals surface area contributed by atoms with Gasteiger partial charge in [-0.3, -0.25) is 0 Å². The van der Waals surface area contributed by atoms with Crippen LogP contribution in [0.5, 0.6) is 11.5 Å². The van der Waals surface area contributed by atoms with Gasteiger partial charge in [-0.2, -0.15) is 13.2 Å². The van der Waals surface area contributed by atoms with Crippen molar-refractivity contribution in [2.75, 3.05) is 13.2 Å². The lowest BCUT2D eigenvalue weighted by Crippen LogP contribution is -2.27. The van der Waals surface area contributed by atoms with Gasteiger partial charge in [0.05, 0.1) is 5.56 Å². The standard InChI is InChI=1S/C12H12F3NO2/c13-12(14,15)7-1-2-8-10(18-6-5-17-8)9(7)11(16)3-4-11/h1-2H,3-6,16H2. The minimum absolute atomic E-state index is 0.0483. The van der Waals surface area contributed by atoms with Crippen LogP contribution < -0.4 is 15.2 Å². The zero-order valence-corrected chi connectivity index (χ0v) is 9.51. The van der Waals surface area contributed by atoms with Crippen molar-refractivity contribution in [3.63, 3.8) is 0 Å². The first-order valence-electron chi connectivity index (χ1n) is 5.71. The molecular weight excluding hydrogens is 247 g/mol. The summed E-state index contributed by atoms with van der Waals surface area (Å²) in [7, 11) is 0. The predicted octanol–water partition coefficient (Wildman–Crippen LogP) is 2.42. The van der Waals surface area contributed by atoms with Gasteiger partial charge in [0.2, 0.25) is 0 Å².